The predicted octanol–water partition coefficient (Wildman–Crippen LogP) is 3.34. The summed E-state index contributed by atoms with van der Waals surface area (Å²) in [6.45, 7) is 0.595. The minimum Gasteiger partial charge on any atom is -0.481 e. The third-order valence-corrected chi connectivity index (χ3v) is 4.04. The first-order chi connectivity index (χ1) is 9.99. The van der Waals surface area contributed by atoms with Crippen molar-refractivity contribution in [2.24, 2.45) is 0 Å². The van der Waals surface area contributed by atoms with Gasteiger partial charge in [-0.2, -0.15) is 0 Å². The largest absolute Gasteiger partial charge is 0.481 e. The van der Waals surface area contributed by atoms with E-state index in [9.17, 15) is 14.0 Å². The quantitative estimate of drug-likeness (QED) is 0.927. The fourth-order valence-electron chi connectivity index (χ4n) is 2.65. The average molecular weight is 314 g/mol. The molecule has 1 aliphatic rings. The molecule has 0 aromatic heterocycles. The molecule has 6 heteroatoms. The van der Waals surface area contributed by atoms with Gasteiger partial charge in [0.15, 0.2) is 0 Å². The molecule has 1 aromatic rings. The molecule has 0 saturated carbocycles. The maximum absolute atomic E-state index is 13.2. The van der Waals surface area contributed by atoms with Crippen LogP contribution in [0.3, 0.4) is 0 Å². The van der Waals surface area contributed by atoms with E-state index >= 15 is 0 Å². The number of halogens is 2. The Morgan fingerprint density at radius 1 is 1.38 bits per heavy atom. The van der Waals surface area contributed by atoms with E-state index in [1.165, 1.54) is 18.2 Å². The van der Waals surface area contributed by atoms with Gasteiger partial charge in [-0.15, -0.1) is 0 Å². The summed E-state index contributed by atoms with van der Waals surface area (Å²) in [6.07, 6.45) is 3.16. The molecule has 4 nitrogen and oxygen atoms in total. The zero-order chi connectivity index (χ0) is 15.4. The Bertz CT molecular complexity index is 550. The van der Waals surface area contributed by atoms with Gasteiger partial charge in [0.25, 0.3) is 5.91 Å². The van der Waals surface area contributed by atoms with Crippen LogP contribution in [0.2, 0.25) is 5.02 Å². The van der Waals surface area contributed by atoms with Crippen molar-refractivity contribution in [3.05, 3.63) is 34.6 Å². The molecule has 1 heterocycles. The van der Waals surface area contributed by atoms with Crippen molar-refractivity contribution in [2.75, 3.05) is 6.54 Å². The van der Waals surface area contributed by atoms with Crippen molar-refractivity contribution in [1.82, 2.24) is 4.90 Å². The van der Waals surface area contributed by atoms with Crippen molar-refractivity contribution < 1.29 is 19.1 Å². The third kappa shape index (κ3) is 3.94. The summed E-state index contributed by atoms with van der Waals surface area (Å²) >= 11 is 5.71. The van der Waals surface area contributed by atoms with Gasteiger partial charge in [-0.3, -0.25) is 9.59 Å². The van der Waals surface area contributed by atoms with E-state index in [1.807, 2.05) is 0 Å². The molecular weight excluding hydrogens is 297 g/mol. The number of aliphatic carboxylic acids is 1. The molecule has 2 rings (SSSR count). The number of piperidine rings is 1. The zero-order valence-corrected chi connectivity index (χ0v) is 12.3. The number of benzene rings is 1. The summed E-state index contributed by atoms with van der Waals surface area (Å²) in [5, 5.41) is 8.71. The van der Waals surface area contributed by atoms with Crippen LogP contribution in [0.25, 0.3) is 0 Å². The first-order valence-electron chi connectivity index (χ1n) is 6.97. The molecule has 1 saturated heterocycles. The monoisotopic (exact) mass is 313 g/mol. The molecule has 0 aliphatic carbocycles. The molecule has 0 radical (unpaired) electrons. The molecule has 0 bridgehead atoms. The smallest absolute Gasteiger partial charge is 0.303 e. The number of carbonyl (C=O) groups is 2. The van der Waals surface area contributed by atoms with Crippen LogP contribution in [-0.2, 0) is 4.79 Å². The fraction of sp³-hybridized carbons (Fsp3) is 0.467. The summed E-state index contributed by atoms with van der Waals surface area (Å²) in [4.78, 5) is 24.9. The number of hydrogen-bond donors (Lipinski definition) is 1. The molecular formula is C15H17ClFNO3. The lowest BCUT2D eigenvalue weighted by atomic mass is 9.97. The number of amides is 1. The molecule has 1 amide bonds. The Kier molecular flexibility index (Phi) is 5.17. The lowest BCUT2D eigenvalue weighted by Crippen LogP contribution is -2.44. The van der Waals surface area contributed by atoms with E-state index in [-0.39, 0.29) is 23.4 Å². The van der Waals surface area contributed by atoms with Gasteiger partial charge in [-0.05, 0) is 43.9 Å². The fourth-order valence-corrected chi connectivity index (χ4v) is 2.83. The van der Waals surface area contributed by atoms with Crippen LogP contribution in [0, 0.1) is 5.82 Å². The second kappa shape index (κ2) is 6.89. The number of carbonyl (C=O) groups excluding carboxylic acids is 1. The van der Waals surface area contributed by atoms with Crippen LogP contribution in [0.15, 0.2) is 18.2 Å². The van der Waals surface area contributed by atoms with Crippen molar-refractivity contribution in [3.8, 4) is 0 Å². The highest BCUT2D eigenvalue weighted by molar-refractivity contribution is 6.31. The van der Waals surface area contributed by atoms with Gasteiger partial charge in [0.2, 0.25) is 0 Å². The molecule has 0 unspecified atom stereocenters. The molecule has 21 heavy (non-hydrogen) atoms. The highest BCUT2D eigenvalue weighted by Gasteiger charge is 2.28. The van der Waals surface area contributed by atoms with Gasteiger partial charge in [0.05, 0.1) is 5.02 Å². The van der Waals surface area contributed by atoms with Gasteiger partial charge < -0.3 is 10.0 Å². The normalized spacial score (nSPS) is 18.6. The number of nitrogens with zero attached hydrogens (tertiary/aromatic N) is 1. The molecule has 1 aliphatic heterocycles. The Morgan fingerprint density at radius 3 is 2.81 bits per heavy atom. The predicted molar refractivity (Wildman–Crippen MR) is 77.0 cm³/mol. The molecule has 114 valence electrons. The van der Waals surface area contributed by atoms with Crippen molar-refractivity contribution in [3.63, 3.8) is 0 Å². The number of carboxylic acids is 1. The van der Waals surface area contributed by atoms with Crippen molar-refractivity contribution in [2.45, 2.75) is 38.1 Å². The highest BCUT2D eigenvalue weighted by Crippen LogP contribution is 2.24. The summed E-state index contributed by atoms with van der Waals surface area (Å²) < 4.78 is 13.2. The van der Waals surface area contributed by atoms with Crippen LogP contribution >= 0.6 is 11.6 Å². The van der Waals surface area contributed by atoms with E-state index in [0.29, 0.717) is 18.5 Å². The molecule has 1 aromatic carbocycles. The average Bonchev–Trinajstić information content (AvgIpc) is 2.47. The lowest BCUT2D eigenvalue weighted by molar-refractivity contribution is -0.137. The molecule has 1 atom stereocenters. The van der Waals surface area contributed by atoms with E-state index < -0.39 is 11.8 Å². The number of likely N-dealkylation sites (tertiary alicyclic amines) is 1. The van der Waals surface area contributed by atoms with E-state index in [1.54, 1.807) is 4.90 Å². The second-order valence-corrected chi connectivity index (χ2v) is 5.62. The maximum atomic E-state index is 13.2. The van der Waals surface area contributed by atoms with Crippen LogP contribution in [0.4, 0.5) is 4.39 Å². The van der Waals surface area contributed by atoms with Gasteiger partial charge in [-0.25, -0.2) is 4.39 Å². The van der Waals surface area contributed by atoms with Gasteiger partial charge >= 0.3 is 5.97 Å². The van der Waals surface area contributed by atoms with Crippen LogP contribution in [-0.4, -0.2) is 34.5 Å². The van der Waals surface area contributed by atoms with E-state index in [2.05, 4.69) is 0 Å². The molecule has 1 fully saturated rings. The second-order valence-electron chi connectivity index (χ2n) is 5.21. The Hall–Kier alpha value is -1.62. The first-order valence-corrected chi connectivity index (χ1v) is 7.34. The standard InChI is InChI=1S/C15H17ClFNO3/c16-12-9-10(4-6-13(12)17)15(21)18-8-2-1-3-11(18)5-7-14(19)20/h4,6,9,11H,1-3,5,7-8H2,(H,19,20)/t11-/m0/s1. The van der Waals surface area contributed by atoms with Crippen LogP contribution < -0.4 is 0 Å². The SMILES string of the molecule is O=C(O)CC[C@@H]1CCCCN1C(=O)c1ccc(F)c(Cl)c1. The van der Waals surface area contributed by atoms with E-state index in [0.717, 1.165) is 19.3 Å². The van der Waals surface area contributed by atoms with Crippen LogP contribution in [0.5, 0.6) is 0 Å². The maximum Gasteiger partial charge on any atom is 0.303 e. The Morgan fingerprint density at radius 2 is 2.14 bits per heavy atom. The number of rotatable bonds is 4. The number of hydrogen-bond acceptors (Lipinski definition) is 2. The van der Waals surface area contributed by atoms with Crippen molar-refractivity contribution >= 4 is 23.5 Å². The van der Waals surface area contributed by atoms with Crippen LogP contribution in [0.1, 0.15) is 42.5 Å². The van der Waals surface area contributed by atoms with E-state index in [4.69, 9.17) is 16.7 Å². The number of carboxylic acid groups (broad SMARTS) is 1. The summed E-state index contributed by atoms with van der Waals surface area (Å²) in [6, 6.07) is 3.83. The van der Waals surface area contributed by atoms with Gasteiger partial charge in [-0.1, -0.05) is 11.6 Å². The first kappa shape index (κ1) is 15.8. The molecule has 0 spiro atoms. The third-order valence-electron chi connectivity index (χ3n) is 3.75. The highest BCUT2D eigenvalue weighted by atomic mass is 35.5. The van der Waals surface area contributed by atoms with Gasteiger partial charge in [0.1, 0.15) is 5.82 Å². The summed E-state index contributed by atoms with van der Waals surface area (Å²) in [5.74, 6) is -1.64. The van der Waals surface area contributed by atoms with Crippen molar-refractivity contribution in [1.29, 1.82) is 0 Å². The zero-order valence-electron chi connectivity index (χ0n) is 11.5. The van der Waals surface area contributed by atoms with Gasteiger partial charge in [0, 0.05) is 24.6 Å². The Balaban J connectivity index is 2.13. The minimum absolute atomic E-state index is 0.0403. The topological polar surface area (TPSA) is 57.6 Å². The summed E-state index contributed by atoms with van der Waals surface area (Å²) in [5.41, 5.74) is 0.337. The summed E-state index contributed by atoms with van der Waals surface area (Å²) in [7, 11) is 0. The minimum atomic E-state index is -0.863. The molecule has 1 N–H and O–H groups in total. The lowest BCUT2D eigenvalue weighted by Gasteiger charge is -2.35. The Labute approximate surface area is 127 Å².